The summed E-state index contributed by atoms with van der Waals surface area (Å²) in [5.41, 5.74) is -0.0233. The number of ether oxygens (including phenoxy) is 1. The quantitative estimate of drug-likeness (QED) is 0.749. The van der Waals surface area contributed by atoms with Gasteiger partial charge in [-0.15, -0.1) is 0 Å². The van der Waals surface area contributed by atoms with E-state index in [0.29, 0.717) is 28.6 Å². The molecule has 1 atom stereocenters. The van der Waals surface area contributed by atoms with Gasteiger partial charge in [0.05, 0.1) is 15.8 Å². The Kier molecular flexibility index (Phi) is 7.41. The van der Waals surface area contributed by atoms with Crippen molar-refractivity contribution in [3.63, 3.8) is 0 Å². The first-order chi connectivity index (χ1) is 12.5. The molecule has 1 amide bonds. The molecule has 0 spiro atoms. The average Bonchev–Trinajstić information content (AvgIpc) is 2.55. The Morgan fingerprint density at radius 2 is 1.96 bits per heavy atom. The third-order valence-corrected chi connectivity index (χ3v) is 6.78. The molecule has 1 aliphatic heterocycles. The van der Waals surface area contributed by atoms with Crippen LogP contribution in [-0.4, -0.2) is 43.5 Å². The van der Waals surface area contributed by atoms with Gasteiger partial charge in [0.25, 0.3) is 0 Å². The van der Waals surface area contributed by atoms with Gasteiger partial charge in [-0.05, 0) is 51.3 Å². The number of carbonyl (C=O) groups excluding carboxylic acids is 1. The molecule has 9 heteroatoms. The minimum Gasteiger partial charge on any atom is -0.444 e. The number of piperidine rings is 1. The molecule has 152 valence electrons. The first-order valence-corrected chi connectivity index (χ1v) is 11.2. The maximum Gasteiger partial charge on any atom is 0.407 e. The molecule has 1 aromatic rings. The van der Waals surface area contributed by atoms with E-state index in [4.69, 9.17) is 27.9 Å². The fraction of sp³-hybridized carbons (Fsp3) is 0.611. The van der Waals surface area contributed by atoms with Crippen molar-refractivity contribution in [2.24, 2.45) is 0 Å². The summed E-state index contributed by atoms with van der Waals surface area (Å²) >= 11 is 11.9. The molecule has 1 N–H and O–H groups in total. The van der Waals surface area contributed by atoms with Crippen LogP contribution < -0.4 is 5.32 Å². The normalized spacial score (nSPS) is 18.9. The van der Waals surface area contributed by atoms with Crippen molar-refractivity contribution in [2.75, 3.05) is 13.1 Å². The molecule has 27 heavy (non-hydrogen) atoms. The Morgan fingerprint density at radius 1 is 1.26 bits per heavy atom. The smallest absolute Gasteiger partial charge is 0.407 e. The summed E-state index contributed by atoms with van der Waals surface area (Å²) in [4.78, 5) is 11.9. The van der Waals surface area contributed by atoms with Crippen molar-refractivity contribution < 1.29 is 17.9 Å². The number of halogens is 2. The van der Waals surface area contributed by atoms with Crippen molar-refractivity contribution in [3.05, 3.63) is 33.8 Å². The Hall–Kier alpha value is -1.02. The predicted molar refractivity (Wildman–Crippen MR) is 108 cm³/mol. The summed E-state index contributed by atoms with van der Waals surface area (Å²) in [5.74, 6) is -0.160. The number of hydrogen-bond donors (Lipinski definition) is 1. The van der Waals surface area contributed by atoms with Crippen LogP contribution in [0.5, 0.6) is 0 Å². The summed E-state index contributed by atoms with van der Waals surface area (Å²) in [5, 5.41) is 3.40. The first kappa shape index (κ1) is 22.3. The molecule has 1 aliphatic rings. The fourth-order valence-corrected chi connectivity index (χ4v) is 5.11. The average molecular weight is 437 g/mol. The highest BCUT2D eigenvalue weighted by Gasteiger charge is 2.33. The molecule has 6 nitrogen and oxygen atoms in total. The van der Waals surface area contributed by atoms with E-state index in [1.165, 1.54) is 4.31 Å². The number of benzene rings is 1. The molecule has 0 aromatic heterocycles. The van der Waals surface area contributed by atoms with Gasteiger partial charge >= 0.3 is 6.09 Å². The van der Waals surface area contributed by atoms with Crippen molar-refractivity contribution in [3.8, 4) is 0 Å². The maximum absolute atomic E-state index is 12.9. The second-order valence-corrected chi connectivity index (χ2v) is 10.4. The van der Waals surface area contributed by atoms with Crippen LogP contribution >= 0.6 is 23.2 Å². The van der Waals surface area contributed by atoms with Gasteiger partial charge in [0.2, 0.25) is 10.0 Å². The summed E-state index contributed by atoms with van der Waals surface area (Å²) in [6.45, 7) is 5.99. The largest absolute Gasteiger partial charge is 0.444 e. The lowest BCUT2D eigenvalue weighted by Gasteiger charge is -2.35. The number of alkyl carbamates (subject to hydrolysis) is 1. The van der Waals surface area contributed by atoms with Crippen LogP contribution in [0, 0.1) is 0 Å². The second kappa shape index (κ2) is 8.99. The molecule has 0 aliphatic carbocycles. The van der Waals surface area contributed by atoms with Gasteiger partial charge in [-0.2, -0.15) is 4.31 Å². The van der Waals surface area contributed by atoms with Gasteiger partial charge in [-0.1, -0.05) is 35.7 Å². The molecule has 0 unspecified atom stereocenters. The van der Waals surface area contributed by atoms with E-state index in [9.17, 15) is 13.2 Å². The molecule has 1 heterocycles. The summed E-state index contributed by atoms with van der Waals surface area (Å²) in [6, 6.07) is 4.52. The molecular formula is C18H26Cl2N2O4S. The SMILES string of the molecule is CC(C)(C)OC(=O)NC[C@H]1CCCCN1S(=O)(=O)Cc1ccc(Cl)c(Cl)c1. The monoisotopic (exact) mass is 436 g/mol. The Balaban J connectivity index is 2.06. The lowest BCUT2D eigenvalue weighted by molar-refractivity contribution is 0.0512. The van der Waals surface area contributed by atoms with Crippen molar-refractivity contribution in [1.82, 2.24) is 9.62 Å². The van der Waals surface area contributed by atoms with E-state index < -0.39 is 21.7 Å². The Labute approximate surface area is 171 Å². The van der Waals surface area contributed by atoms with Gasteiger partial charge in [0.15, 0.2) is 0 Å². The molecule has 1 saturated heterocycles. The van der Waals surface area contributed by atoms with Crippen LogP contribution in [0.15, 0.2) is 18.2 Å². The maximum atomic E-state index is 12.9. The van der Waals surface area contributed by atoms with Crippen LogP contribution in [-0.2, 0) is 20.5 Å². The molecule has 1 fully saturated rings. The Bertz CT molecular complexity index is 778. The van der Waals surface area contributed by atoms with Crippen LogP contribution in [0.4, 0.5) is 4.79 Å². The van der Waals surface area contributed by atoms with E-state index in [1.54, 1.807) is 39.0 Å². The van der Waals surface area contributed by atoms with Crippen molar-refractivity contribution >= 4 is 39.3 Å². The molecule has 0 bridgehead atoms. The van der Waals surface area contributed by atoms with E-state index in [1.807, 2.05) is 0 Å². The number of nitrogens with zero attached hydrogens (tertiary/aromatic N) is 1. The highest BCUT2D eigenvalue weighted by molar-refractivity contribution is 7.88. The van der Waals surface area contributed by atoms with Crippen LogP contribution in [0.25, 0.3) is 0 Å². The van der Waals surface area contributed by atoms with E-state index in [-0.39, 0.29) is 18.3 Å². The zero-order chi connectivity index (χ0) is 20.2. The van der Waals surface area contributed by atoms with E-state index in [0.717, 1.165) is 12.8 Å². The number of nitrogens with one attached hydrogen (secondary N) is 1. The molecule has 0 saturated carbocycles. The zero-order valence-electron chi connectivity index (χ0n) is 15.8. The van der Waals surface area contributed by atoms with Gasteiger partial charge in [-0.3, -0.25) is 0 Å². The third-order valence-electron chi connectivity index (χ3n) is 4.14. The number of amides is 1. The van der Waals surface area contributed by atoms with Gasteiger partial charge in [0, 0.05) is 19.1 Å². The number of sulfonamides is 1. The summed E-state index contributed by atoms with van der Waals surface area (Å²) in [7, 11) is -3.56. The topological polar surface area (TPSA) is 75.7 Å². The Morgan fingerprint density at radius 3 is 2.59 bits per heavy atom. The van der Waals surface area contributed by atoms with Crippen LogP contribution in [0.1, 0.15) is 45.6 Å². The molecule has 0 radical (unpaired) electrons. The minimum atomic E-state index is -3.56. The predicted octanol–water partition coefficient (Wildman–Crippen LogP) is 4.20. The summed E-state index contributed by atoms with van der Waals surface area (Å²) in [6.07, 6.45) is 1.86. The third kappa shape index (κ3) is 6.82. The molecular weight excluding hydrogens is 411 g/mol. The fourth-order valence-electron chi connectivity index (χ4n) is 2.98. The van der Waals surface area contributed by atoms with Crippen LogP contribution in [0.2, 0.25) is 10.0 Å². The number of hydrogen-bond acceptors (Lipinski definition) is 4. The summed E-state index contributed by atoms with van der Waals surface area (Å²) < 4.78 is 32.6. The second-order valence-electron chi connectivity index (χ2n) is 7.65. The van der Waals surface area contributed by atoms with E-state index >= 15 is 0 Å². The molecule has 2 rings (SSSR count). The van der Waals surface area contributed by atoms with Crippen LogP contribution in [0.3, 0.4) is 0 Å². The van der Waals surface area contributed by atoms with Crippen molar-refractivity contribution in [2.45, 2.75) is 57.4 Å². The van der Waals surface area contributed by atoms with Gasteiger partial charge in [-0.25, -0.2) is 13.2 Å². The zero-order valence-corrected chi connectivity index (χ0v) is 18.1. The van der Waals surface area contributed by atoms with Crippen molar-refractivity contribution in [1.29, 1.82) is 0 Å². The highest BCUT2D eigenvalue weighted by atomic mass is 35.5. The number of carbonyl (C=O) groups is 1. The van der Waals surface area contributed by atoms with Gasteiger partial charge < -0.3 is 10.1 Å². The molecule has 1 aromatic carbocycles. The minimum absolute atomic E-state index is 0.160. The first-order valence-electron chi connectivity index (χ1n) is 8.88. The van der Waals surface area contributed by atoms with Gasteiger partial charge in [0.1, 0.15) is 5.60 Å². The standard InChI is InChI=1S/C18H26Cl2N2O4S/c1-18(2,3)26-17(23)21-11-14-6-4-5-9-22(14)27(24,25)12-13-7-8-15(19)16(20)10-13/h7-8,10,14H,4-6,9,11-12H2,1-3H3,(H,21,23)/t14-/m1/s1. The number of rotatable bonds is 5. The van der Waals surface area contributed by atoms with E-state index in [2.05, 4.69) is 5.32 Å². The lowest BCUT2D eigenvalue weighted by atomic mass is 10.1. The highest BCUT2D eigenvalue weighted by Crippen LogP contribution is 2.26. The lowest BCUT2D eigenvalue weighted by Crippen LogP contribution is -2.50.